The van der Waals surface area contributed by atoms with Gasteiger partial charge in [-0.3, -0.25) is 0 Å². The van der Waals surface area contributed by atoms with Crippen molar-refractivity contribution < 1.29 is 27.5 Å². The monoisotopic (exact) mass is 259 g/mol. The van der Waals surface area contributed by atoms with Crippen LogP contribution in [0, 0.1) is 17.1 Å². The summed E-state index contributed by atoms with van der Waals surface area (Å²) in [6, 6.07) is 2.78. The molecule has 0 amide bonds. The van der Waals surface area contributed by atoms with Crippen molar-refractivity contribution >= 4 is 12.0 Å². The van der Waals surface area contributed by atoms with Crippen LogP contribution in [0.5, 0.6) is 0 Å². The van der Waals surface area contributed by atoms with Crippen LogP contribution in [0.1, 0.15) is 11.1 Å². The molecule has 1 aromatic rings. The topological polar surface area (TPSA) is 61.1 Å². The molecule has 0 spiro atoms. The van der Waals surface area contributed by atoms with Crippen LogP contribution in [0.15, 0.2) is 23.8 Å². The molecular formula is C11H5F4NO2. The molecule has 7 heteroatoms. The zero-order valence-corrected chi connectivity index (χ0v) is 8.62. The molecule has 0 atom stereocenters. The third-order valence-electron chi connectivity index (χ3n) is 1.97. The van der Waals surface area contributed by atoms with E-state index in [-0.39, 0.29) is 0 Å². The van der Waals surface area contributed by atoms with Crippen LogP contribution in [-0.4, -0.2) is 11.1 Å². The Hall–Kier alpha value is -2.36. The molecule has 18 heavy (non-hydrogen) atoms. The van der Waals surface area contributed by atoms with E-state index in [0.717, 1.165) is 0 Å². The Morgan fingerprint density at radius 1 is 1.39 bits per heavy atom. The van der Waals surface area contributed by atoms with Crippen LogP contribution < -0.4 is 0 Å². The van der Waals surface area contributed by atoms with Gasteiger partial charge in [-0.1, -0.05) is 0 Å². The number of carbonyl (C=O) groups is 1. The average molecular weight is 259 g/mol. The van der Waals surface area contributed by atoms with Crippen molar-refractivity contribution in [2.45, 2.75) is 6.18 Å². The lowest BCUT2D eigenvalue weighted by molar-refractivity contribution is -0.137. The van der Waals surface area contributed by atoms with Gasteiger partial charge >= 0.3 is 12.1 Å². The van der Waals surface area contributed by atoms with Crippen molar-refractivity contribution in [3.05, 3.63) is 40.7 Å². The summed E-state index contributed by atoms with van der Waals surface area (Å²) in [5, 5.41) is 17.0. The normalized spacial score (nSPS) is 12.1. The summed E-state index contributed by atoms with van der Waals surface area (Å²) in [7, 11) is 0. The summed E-state index contributed by atoms with van der Waals surface area (Å²) in [6.07, 6.45) is -4.13. The Morgan fingerprint density at radius 3 is 2.44 bits per heavy atom. The van der Waals surface area contributed by atoms with Crippen LogP contribution >= 0.6 is 0 Å². The molecule has 1 aromatic carbocycles. The van der Waals surface area contributed by atoms with Crippen molar-refractivity contribution in [3.8, 4) is 6.07 Å². The fraction of sp³-hybridized carbons (Fsp3) is 0.0909. The van der Waals surface area contributed by atoms with Gasteiger partial charge in [0, 0.05) is 5.56 Å². The number of aliphatic carboxylic acids is 1. The van der Waals surface area contributed by atoms with Gasteiger partial charge in [0.1, 0.15) is 17.5 Å². The quantitative estimate of drug-likeness (QED) is 0.504. The Bertz CT molecular complexity index is 555. The number of carboxylic acid groups (broad SMARTS) is 1. The third kappa shape index (κ3) is 3.07. The number of hydrogen-bond donors (Lipinski definition) is 1. The van der Waals surface area contributed by atoms with E-state index in [0.29, 0.717) is 24.3 Å². The summed E-state index contributed by atoms with van der Waals surface area (Å²) >= 11 is 0. The molecule has 1 rings (SSSR count). The smallest absolute Gasteiger partial charge is 0.416 e. The maximum absolute atomic E-state index is 13.2. The van der Waals surface area contributed by atoms with Crippen molar-refractivity contribution in [1.29, 1.82) is 5.26 Å². The first-order valence-electron chi connectivity index (χ1n) is 4.47. The third-order valence-corrected chi connectivity index (χ3v) is 1.97. The predicted octanol–water partition coefficient (Wildman–Crippen LogP) is 2.84. The van der Waals surface area contributed by atoms with Crippen LogP contribution in [0.4, 0.5) is 17.6 Å². The fourth-order valence-corrected chi connectivity index (χ4v) is 1.13. The summed E-state index contributed by atoms with van der Waals surface area (Å²) in [5.74, 6) is -2.69. The van der Waals surface area contributed by atoms with E-state index in [9.17, 15) is 22.4 Å². The zero-order valence-electron chi connectivity index (χ0n) is 8.62. The molecule has 94 valence electrons. The first-order valence-corrected chi connectivity index (χ1v) is 4.47. The van der Waals surface area contributed by atoms with Crippen LogP contribution in [0.25, 0.3) is 6.08 Å². The zero-order chi connectivity index (χ0) is 13.9. The van der Waals surface area contributed by atoms with Gasteiger partial charge in [0.05, 0.1) is 5.56 Å². The second-order valence-corrected chi connectivity index (χ2v) is 3.21. The lowest BCUT2D eigenvalue weighted by Gasteiger charge is -2.07. The number of rotatable bonds is 2. The summed E-state index contributed by atoms with van der Waals surface area (Å²) in [5.41, 5.74) is -2.59. The highest BCUT2D eigenvalue weighted by atomic mass is 19.4. The van der Waals surface area contributed by atoms with Gasteiger partial charge in [0.25, 0.3) is 0 Å². The van der Waals surface area contributed by atoms with Gasteiger partial charge in [0.2, 0.25) is 0 Å². The van der Waals surface area contributed by atoms with Gasteiger partial charge in [-0.2, -0.15) is 18.4 Å². The van der Waals surface area contributed by atoms with Crippen molar-refractivity contribution in [3.63, 3.8) is 0 Å². The van der Waals surface area contributed by atoms with E-state index in [4.69, 9.17) is 10.4 Å². The number of nitrogens with zero attached hydrogens (tertiary/aromatic N) is 1. The minimum atomic E-state index is -4.67. The summed E-state index contributed by atoms with van der Waals surface area (Å²) in [4.78, 5) is 10.5. The highest BCUT2D eigenvalue weighted by Gasteiger charge is 2.31. The molecule has 0 aliphatic rings. The maximum atomic E-state index is 13.2. The fourth-order valence-electron chi connectivity index (χ4n) is 1.13. The van der Waals surface area contributed by atoms with Gasteiger partial charge in [-0.05, 0) is 24.3 Å². The van der Waals surface area contributed by atoms with E-state index in [1.165, 1.54) is 6.07 Å². The van der Waals surface area contributed by atoms with E-state index < -0.39 is 34.7 Å². The first-order chi connectivity index (χ1) is 8.25. The number of benzene rings is 1. The lowest BCUT2D eigenvalue weighted by atomic mass is 10.1. The minimum Gasteiger partial charge on any atom is -0.477 e. The predicted molar refractivity (Wildman–Crippen MR) is 52.6 cm³/mol. The SMILES string of the molecule is N#CC(=Cc1cc(C(F)(F)F)ccc1F)C(=O)O. The number of hydrogen-bond acceptors (Lipinski definition) is 2. The van der Waals surface area contributed by atoms with Crippen LogP contribution in [0.2, 0.25) is 0 Å². The number of alkyl halides is 3. The minimum absolute atomic E-state index is 0.440. The van der Waals surface area contributed by atoms with Gasteiger partial charge < -0.3 is 5.11 Å². The van der Waals surface area contributed by atoms with E-state index in [2.05, 4.69) is 0 Å². The molecule has 0 radical (unpaired) electrons. The summed E-state index contributed by atoms with van der Waals surface area (Å²) in [6.45, 7) is 0. The number of halogens is 4. The van der Waals surface area contributed by atoms with Crippen molar-refractivity contribution in [2.24, 2.45) is 0 Å². The molecule has 0 aliphatic carbocycles. The molecule has 0 heterocycles. The average Bonchev–Trinajstić information content (AvgIpc) is 2.25. The second kappa shape index (κ2) is 4.87. The van der Waals surface area contributed by atoms with Crippen LogP contribution in [0.3, 0.4) is 0 Å². The van der Waals surface area contributed by atoms with Crippen molar-refractivity contribution in [2.75, 3.05) is 0 Å². The molecule has 0 saturated heterocycles. The lowest BCUT2D eigenvalue weighted by Crippen LogP contribution is -2.06. The first kappa shape index (κ1) is 13.7. The van der Waals surface area contributed by atoms with Crippen molar-refractivity contribution in [1.82, 2.24) is 0 Å². The van der Waals surface area contributed by atoms with Crippen LogP contribution in [-0.2, 0) is 11.0 Å². The Labute approximate surface area is 98.6 Å². The Morgan fingerprint density at radius 2 is 2.00 bits per heavy atom. The second-order valence-electron chi connectivity index (χ2n) is 3.21. The standard InChI is InChI=1S/C11H5F4NO2/c12-9-2-1-8(11(13,14)15)4-6(9)3-7(5-16)10(17)18/h1-4H,(H,17,18). The van der Waals surface area contributed by atoms with E-state index >= 15 is 0 Å². The van der Waals surface area contributed by atoms with Gasteiger partial charge in [-0.25, -0.2) is 9.18 Å². The molecule has 0 unspecified atom stereocenters. The molecule has 0 saturated carbocycles. The van der Waals surface area contributed by atoms with E-state index in [1.54, 1.807) is 0 Å². The molecular weight excluding hydrogens is 254 g/mol. The highest BCUT2D eigenvalue weighted by Crippen LogP contribution is 2.30. The van der Waals surface area contributed by atoms with Gasteiger partial charge in [0.15, 0.2) is 0 Å². The molecule has 0 aliphatic heterocycles. The Kier molecular flexibility index (Phi) is 3.71. The highest BCUT2D eigenvalue weighted by molar-refractivity contribution is 5.96. The van der Waals surface area contributed by atoms with Gasteiger partial charge in [-0.15, -0.1) is 0 Å². The number of carboxylic acids is 1. The van der Waals surface area contributed by atoms with E-state index in [1.807, 2.05) is 0 Å². The molecule has 0 bridgehead atoms. The Balaban J connectivity index is 3.34. The molecule has 0 aromatic heterocycles. The molecule has 3 nitrogen and oxygen atoms in total. The number of nitriles is 1. The summed E-state index contributed by atoms with van der Waals surface area (Å²) < 4.78 is 50.3. The molecule has 0 fully saturated rings. The maximum Gasteiger partial charge on any atom is 0.416 e. The largest absolute Gasteiger partial charge is 0.477 e. The molecule has 1 N–H and O–H groups in total.